The number of alkyl halides is 2. The molecule has 0 spiro atoms. The van der Waals surface area contributed by atoms with E-state index in [0.717, 1.165) is 18.2 Å². The van der Waals surface area contributed by atoms with Gasteiger partial charge in [-0.1, -0.05) is 18.2 Å². The number of hydrogen-bond acceptors (Lipinski definition) is 7. The molecule has 11 heteroatoms. The van der Waals surface area contributed by atoms with E-state index in [9.17, 15) is 13.2 Å². The number of fused-ring (bicyclic) bond motifs is 5. The molecule has 0 radical (unpaired) electrons. The first-order valence-electron chi connectivity index (χ1n) is 10.7. The molecule has 0 aliphatic carbocycles. The van der Waals surface area contributed by atoms with Gasteiger partial charge in [0.2, 0.25) is 0 Å². The van der Waals surface area contributed by atoms with Crippen molar-refractivity contribution in [3.63, 3.8) is 0 Å². The second-order valence-corrected chi connectivity index (χ2v) is 8.42. The molecule has 8 nitrogen and oxygen atoms in total. The van der Waals surface area contributed by atoms with E-state index in [-0.39, 0.29) is 17.6 Å². The van der Waals surface area contributed by atoms with Gasteiger partial charge in [-0.05, 0) is 19.4 Å². The Hall–Kier alpha value is -3.47. The lowest BCUT2D eigenvalue weighted by Crippen LogP contribution is -2.64. The summed E-state index contributed by atoms with van der Waals surface area (Å²) >= 11 is 0. The average molecular weight is 455 g/mol. The Bertz CT molecular complexity index is 1350. The molecule has 3 aromatic heterocycles. The number of halogens is 3. The zero-order valence-electron chi connectivity index (χ0n) is 17.6. The van der Waals surface area contributed by atoms with Crippen molar-refractivity contribution in [1.29, 1.82) is 0 Å². The van der Waals surface area contributed by atoms with Gasteiger partial charge < -0.3 is 15.0 Å². The summed E-state index contributed by atoms with van der Waals surface area (Å²) < 4.78 is 48.5. The molecular weight excluding hydrogens is 435 g/mol. The van der Waals surface area contributed by atoms with Gasteiger partial charge in [-0.3, -0.25) is 4.40 Å². The van der Waals surface area contributed by atoms with E-state index in [1.807, 2.05) is 6.07 Å². The molecule has 33 heavy (non-hydrogen) atoms. The van der Waals surface area contributed by atoms with Crippen LogP contribution in [-0.2, 0) is 4.74 Å². The fourth-order valence-corrected chi connectivity index (χ4v) is 4.87. The van der Waals surface area contributed by atoms with Gasteiger partial charge in [-0.15, -0.1) is 10.2 Å². The molecule has 0 saturated carbocycles. The first kappa shape index (κ1) is 20.2. The highest BCUT2D eigenvalue weighted by molar-refractivity contribution is 5.94. The van der Waals surface area contributed by atoms with Crippen molar-refractivity contribution in [3.05, 3.63) is 53.9 Å². The standard InChI is InChI=1S/C22H20F3N7O/c1-11(14-3-2-4-15(18(14)23)19(24)25)29-20-16-6-17(32-12-5-13(32)8-33-7-12)22-30-28-10-31(22)21(16)27-9-26-20/h2-4,6,9-13,19H,5,7-8H2,1H3,(H,26,27,29)/t11-,12?,13?/m1/s1. The Morgan fingerprint density at radius 1 is 1.12 bits per heavy atom. The van der Waals surface area contributed by atoms with Crippen molar-refractivity contribution in [3.8, 4) is 0 Å². The summed E-state index contributed by atoms with van der Waals surface area (Å²) in [6, 6.07) is 5.91. The summed E-state index contributed by atoms with van der Waals surface area (Å²) in [5.41, 5.74) is 1.70. The number of benzene rings is 1. The SMILES string of the molecule is C[C@@H](Nc1ncnc2c1cc(N1C3COCC1C3)c1nncn12)c1cccc(C(F)F)c1F. The van der Waals surface area contributed by atoms with Gasteiger partial charge in [0.25, 0.3) is 6.43 Å². The molecule has 5 heterocycles. The van der Waals surface area contributed by atoms with Crippen molar-refractivity contribution in [2.75, 3.05) is 23.4 Å². The molecule has 6 rings (SSSR count). The van der Waals surface area contributed by atoms with E-state index in [2.05, 4.69) is 30.4 Å². The van der Waals surface area contributed by atoms with Gasteiger partial charge in [0.1, 0.15) is 24.3 Å². The minimum absolute atomic E-state index is 0.139. The topological polar surface area (TPSA) is 80.5 Å². The number of hydrogen-bond donors (Lipinski definition) is 1. The first-order valence-corrected chi connectivity index (χ1v) is 10.7. The van der Waals surface area contributed by atoms with Crippen LogP contribution in [0.4, 0.5) is 24.7 Å². The Morgan fingerprint density at radius 3 is 2.67 bits per heavy atom. The number of pyridine rings is 1. The largest absolute Gasteiger partial charge is 0.377 e. The van der Waals surface area contributed by atoms with E-state index in [4.69, 9.17) is 4.74 Å². The Kier molecular flexibility index (Phi) is 4.61. The van der Waals surface area contributed by atoms with Crippen molar-refractivity contribution in [2.24, 2.45) is 0 Å². The van der Waals surface area contributed by atoms with E-state index in [1.54, 1.807) is 17.7 Å². The van der Waals surface area contributed by atoms with Gasteiger partial charge in [0.15, 0.2) is 11.3 Å². The third-order valence-corrected chi connectivity index (χ3v) is 6.49. The molecule has 2 bridgehead atoms. The molecule has 4 aromatic rings. The summed E-state index contributed by atoms with van der Waals surface area (Å²) in [6.45, 7) is 3.01. The Morgan fingerprint density at radius 2 is 1.91 bits per heavy atom. The molecule has 2 aliphatic rings. The van der Waals surface area contributed by atoms with Crippen LogP contribution in [0.2, 0.25) is 0 Å². The van der Waals surface area contributed by atoms with Crippen LogP contribution in [0.5, 0.6) is 0 Å². The van der Waals surface area contributed by atoms with Crippen molar-refractivity contribution < 1.29 is 17.9 Å². The minimum Gasteiger partial charge on any atom is -0.377 e. The summed E-state index contributed by atoms with van der Waals surface area (Å²) in [7, 11) is 0. The quantitative estimate of drug-likeness (QED) is 0.489. The lowest BCUT2D eigenvalue weighted by atomic mass is 9.90. The monoisotopic (exact) mass is 455 g/mol. The molecule has 2 fully saturated rings. The zero-order chi connectivity index (χ0) is 22.7. The van der Waals surface area contributed by atoms with Gasteiger partial charge in [-0.2, -0.15) is 0 Å². The van der Waals surface area contributed by atoms with Gasteiger partial charge in [0, 0.05) is 5.56 Å². The number of morpholine rings is 1. The molecule has 2 saturated heterocycles. The molecule has 1 N–H and O–H groups in total. The molecule has 0 amide bonds. The summed E-state index contributed by atoms with van der Waals surface area (Å²) in [4.78, 5) is 11.1. The number of nitrogens with zero attached hydrogens (tertiary/aromatic N) is 6. The number of aromatic nitrogens is 5. The van der Waals surface area contributed by atoms with E-state index < -0.39 is 23.8 Å². The van der Waals surface area contributed by atoms with Crippen LogP contribution in [0.1, 0.15) is 36.9 Å². The summed E-state index contributed by atoms with van der Waals surface area (Å²) in [5.74, 6) is -0.450. The maximum absolute atomic E-state index is 14.7. The predicted molar refractivity (Wildman–Crippen MR) is 115 cm³/mol. The van der Waals surface area contributed by atoms with Crippen LogP contribution in [0.25, 0.3) is 16.7 Å². The summed E-state index contributed by atoms with van der Waals surface area (Å²) in [6.07, 6.45) is 1.17. The van der Waals surface area contributed by atoms with E-state index in [0.29, 0.717) is 35.7 Å². The maximum Gasteiger partial charge on any atom is 0.266 e. The highest BCUT2D eigenvalue weighted by atomic mass is 19.3. The molecule has 3 atom stereocenters. The molecule has 2 aliphatic heterocycles. The number of nitrogens with one attached hydrogen (secondary N) is 1. The average Bonchev–Trinajstić information content (AvgIpc) is 3.30. The molecule has 170 valence electrons. The maximum atomic E-state index is 14.7. The number of rotatable bonds is 5. The van der Waals surface area contributed by atoms with E-state index >= 15 is 0 Å². The number of ether oxygens (including phenoxy) is 1. The lowest BCUT2D eigenvalue weighted by molar-refractivity contribution is 0.0104. The van der Waals surface area contributed by atoms with Crippen LogP contribution >= 0.6 is 0 Å². The Balaban J connectivity index is 1.44. The molecular formula is C22H20F3N7O. The van der Waals surface area contributed by atoms with Gasteiger partial charge in [0.05, 0.1) is 48.0 Å². The van der Waals surface area contributed by atoms with Crippen LogP contribution < -0.4 is 10.2 Å². The fraction of sp³-hybridized carbons (Fsp3) is 0.364. The minimum atomic E-state index is -2.89. The van der Waals surface area contributed by atoms with Crippen LogP contribution in [-0.4, -0.2) is 49.9 Å². The number of anilines is 2. The van der Waals surface area contributed by atoms with Crippen LogP contribution in [0.3, 0.4) is 0 Å². The van der Waals surface area contributed by atoms with Crippen molar-refractivity contribution >= 4 is 28.2 Å². The second kappa shape index (κ2) is 7.55. The van der Waals surface area contributed by atoms with Crippen molar-refractivity contribution in [2.45, 2.75) is 37.9 Å². The fourth-order valence-electron chi connectivity index (χ4n) is 4.87. The smallest absolute Gasteiger partial charge is 0.266 e. The van der Waals surface area contributed by atoms with Crippen LogP contribution in [0.15, 0.2) is 36.9 Å². The zero-order valence-corrected chi connectivity index (χ0v) is 17.6. The van der Waals surface area contributed by atoms with E-state index in [1.165, 1.54) is 18.5 Å². The highest BCUT2D eigenvalue weighted by Crippen LogP contribution is 2.40. The molecule has 2 unspecified atom stereocenters. The van der Waals surface area contributed by atoms with Gasteiger partial charge in [-0.25, -0.2) is 23.1 Å². The van der Waals surface area contributed by atoms with Crippen LogP contribution in [0, 0.1) is 5.82 Å². The lowest BCUT2D eigenvalue weighted by Gasteiger charge is -2.53. The Labute approximate surface area is 186 Å². The van der Waals surface area contributed by atoms with Crippen molar-refractivity contribution in [1.82, 2.24) is 24.6 Å². The normalized spacial score (nSPS) is 20.9. The third-order valence-electron chi connectivity index (χ3n) is 6.49. The summed E-state index contributed by atoms with van der Waals surface area (Å²) in [5, 5.41) is 12.3. The molecule has 1 aromatic carbocycles. The van der Waals surface area contributed by atoms with Gasteiger partial charge >= 0.3 is 0 Å². The first-order chi connectivity index (χ1) is 16.0. The third kappa shape index (κ3) is 3.10. The predicted octanol–water partition coefficient (Wildman–Crippen LogP) is 3.90. The highest BCUT2D eigenvalue weighted by Gasteiger charge is 2.43. The second-order valence-electron chi connectivity index (χ2n) is 8.42.